The molecule has 148 valence electrons. The Balaban J connectivity index is 1.89. The number of rotatable bonds is 4. The Bertz CT molecular complexity index is 1390. The van der Waals surface area contributed by atoms with Gasteiger partial charge in [0.05, 0.1) is 17.8 Å². The Morgan fingerprint density at radius 3 is 2.59 bits per heavy atom. The van der Waals surface area contributed by atoms with Crippen molar-refractivity contribution in [3.63, 3.8) is 0 Å². The first-order chi connectivity index (χ1) is 13.9. The van der Waals surface area contributed by atoms with Crippen molar-refractivity contribution in [2.24, 2.45) is 7.05 Å². The standard InChI is InChI=1S/C21H20BrN5O2/c1-13(2)10-11-26-17-18(24-20(26)22)25(3)21(29)27(19(17)28)12-15-9-8-14-6-4-5-7-16(14)23-15/h4-10H,11-12H2,1-3H3. The number of allylic oxidation sites excluding steroid dienone is 2. The lowest BCUT2D eigenvalue weighted by Gasteiger charge is -2.10. The minimum Gasteiger partial charge on any atom is -0.309 e. The number of aromatic nitrogens is 5. The molecule has 0 N–H and O–H groups in total. The van der Waals surface area contributed by atoms with Crippen molar-refractivity contribution < 1.29 is 0 Å². The molecular formula is C21H20BrN5O2. The number of hydrogen-bond donors (Lipinski definition) is 0. The molecule has 3 aromatic heterocycles. The van der Waals surface area contributed by atoms with Gasteiger partial charge in [-0.3, -0.25) is 18.9 Å². The van der Waals surface area contributed by atoms with E-state index >= 15 is 0 Å². The van der Waals surface area contributed by atoms with Gasteiger partial charge in [0.2, 0.25) is 0 Å². The summed E-state index contributed by atoms with van der Waals surface area (Å²) in [5.41, 5.74) is 2.55. The monoisotopic (exact) mass is 453 g/mol. The molecule has 0 saturated carbocycles. The number of aryl methyl sites for hydroxylation is 1. The summed E-state index contributed by atoms with van der Waals surface area (Å²) in [5.74, 6) is 0. The Kier molecular flexibility index (Phi) is 4.96. The minimum absolute atomic E-state index is 0.0950. The fourth-order valence-corrected chi connectivity index (χ4v) is 3.77. The van der Waals surface area contributed by atoms with Crippen LogP contribution in [-0.4, -0.2) is 23.7 Å². The molecule has 8 heteroatoms. The zero-order chi connectivity index (χ0) is 20.7. The van der Waals surface area contributed by atoms with Crippen LogP contribution >= 0.6 is 15.9 Å². The number of imidazole rings is 1. The zero-order valence-corrected chi connectivity index (χ0v) is 18.0. The van der Waals surface area contributed by atoms with Gasteiger partial charge in [-0.15, -0.1) is 0 Å². The van der Waals surface area contributed by atoms with Crippen LogP contribution < -0.4 is 11.2 Å². The van der Waals surface area contributed by atoms with E-state index in [4.69, 9.17) is 0 Å². The van der Waals surface area contributed by atoms with Crippen molar-refractivity contribution in [1.82, 2.24) is 23.7 Å². The Morgan fingerprint density at radius 2 is 1.83 bits per heavy atom. The van der Waals surface area contributed by atoms with Gasteiger partial charge >= 0.3 is 5.69 Å². The summed E-state index contributed by atoms with van der Waals surface area (Å²) < 4.78 is 4.90. The Labute approximate surface area is 175 Å². The quantitative estimate of drug-likeness (QED) is 0.351. The fourth-order valence-electron chi connectivity index (χ4n) is 3.28. The molecule has 4 rings (SSSR count). The van der Waals surface area contributed by atoms with Crippen molar-refractivity contribution in [2.75, 3.05) is 0 Å². The topological polar surface area (TPSA) is 74.7 Å². The van der Waals surface area contributed by atoms with Gasteiger partial charge in [-0.1, -0.05) is 35.9 Å². The minimum atomic E-state index is -0.420. The second-order valence-corrected chi connectivity index (χ2v) is 7.88. The van der Waals surface area contributed by atoms with Crippen molar-refractivity contribution in [3.8, 4) is 0 Å². The molecule has 3 heterocycles. The van der Waals surface area contributed by atoms with E-state index in [1.807, 2.05) is 56.3 Å². The molecule has 0 fully saturated rings. The third-order valence-corrected chi connectivity index (χ3v) is 5.45. The average Bonchev–Trinajstić information content (AvgIpc) is 3.04. The van der Waals surface area contributed by atoms with Crippen LogP contribution in [0, 0.1) is 0 Å². The molecule has 0 amide bonds. The van der Waals surface area contributed by atoms with Crippen LogP contribution in [0.4, 0.5) is 0 Å². The number of pyridine rings is 1. The Hall–Kier alpha value is -3.00. The van der Waals surface area contributed by atoms with E-state index in [0.717, 1.165) is 16.5 Å². The van der Waals surface area contributed by atoms with E-state index in [1.54, 1.807) is 11.6 Å². The smallest absolute Gasteiger partial charge is 0.309 e. The van der Waals surface area contributed by atoms with Gasteiger partial charge in [0.1, 0.15) is 0 Å². The zero-order valence-electron chi connectivity index (χ0n) is 16.4. The number of hydrogen-bond acceptors (Lipinski definition) is 4. The van der Waals surface area contributed by atoms with Gasteiger partial charge < -0.3 is 4.57 Å². The molecule has 0 aliphatic rings. The van der Waals surface area contributed by atoms with Gasteiger partial charge in [-0.05, 0) is 41.9 Å². The summed E-state index contributed by atoms with van der Waals surface area (Å²) in [4.78, 5) is 35.1. The van der Waals surface area contributed by atoms with Crippen LogP contribution in [0.3, 0.4) is 0 Å². The summed E-state index contributed by atoms with van der Waals surface area (Å²) in [6.07, 6.45) is 2.01. The van der Waals surface area contributed by atoms with Gasteiger partial charge in [0, 0.05) is 19.0 Å². The number of fused-ring (bicyclic) bond motifs is 2. The molecule has 0 atom stereocenters. The van der Waals surface area contributed by atoms with Crippen molar-refractivity contribution >= 4 is 38.0 Å². The number of halogens is 1. The molecule has 29 heavy (non-hydrogen) atoms. The summed E-state index contributed by atoms with van der Waals surface area (Å²) in [6.45, 7) is 4.57. The maximum Gasteiger partial charge on any atom is 0.332 e. The predicted octanol–water partition coefficient (Wildman–Crippen LogP) is 3.22. The molecule has 0 saturated heterocycles. The first kappa shape index (κ1) is 19.3. The molecule has 0 radical (unpaired) electrons. The maximum atomic E-state index is 13.3. The van der Waals surface area contributed by atoms with E-state index in [2.05, 4.69) is 25.9 Å². The highest BCUT2D eigenvalue weighted by Gasteiger charge is 2.19. The van der Waals surface area contributed by atoms with Crippen LogP contribution in [-0.2, 0) is 20.1 Å². The third-order valence-electron chi connectivity index (χ3n) is 4.84. The van der Waals surface area contributed by atoms with Crippen LogP contribution in [0.5, 0.6) is 0 Å². The van der Waals surface area contributed by atoms with Crippen LogP contribution in [0.2, 0.25) is 0 Å². The van der Waals surface area contributed by atoms with Gasteiger partial charge in [0.25, 0.3) is 5.56 Å². The van der Waals surface area contributed by atoms with E-state index in [1.165, 1.54) is 9.13 Å². The second kappa shape index (κ2) is 7.44. The molecule has 0 aliphatic heterocycles. The van der Waals surface area contributed by atoms with Crippen molar-refractivity contribution in [3.05, 3.63) is 79.3 Å². The molecule has 0 unspecified atom stereocenters. The molecular weight excluding hydrogens is 434 g/mol. The third kappa shape index (κ3) is 3.44. The van der Waals surface area contributed by atoms with E-state index in [-0.39, 0.29) is 12.1 Å². The normalized spacial score (nSPS) is 11.3. The SMILES string of the molecule is CC(C)=CCn1c(Br)nc2c1c(=O)n(Cc1ccc3ccccc3n1)c(=O)n2C. The van der Waals surface area contributed by atoms with Crippen molar-refractivity contribution in [1.29, 1.82) is 0 Å². The highest BCUT2D eigenvalue weighted by Crippen LogP contribution is 2.17. The highest BCUT2D eigenvalue weighted by atomic mass is 79.9. The highest BCUT2D eigenvalue weighted by molar-refractivity contribution is 9.10. The lowest BCUT2D eigenvalue weighted by atomic mass is 10.2. The van der Waals surface area contributed by atoms with Gasteiger partial charge in [-0.2, -0.15) is 0 Å². The van der Waals surface area contributed by atoms with E-state index < -0.39 is 5.69 Å². The predicted molar refractivity (Wildman–Crippen MR) is 117 cm³/mol. The summed E-state index contributed by atoms with van der Waals surface area (Å²) in [6, 6.07) is 11.5. The number of para-hydroxylation sites is 1. The molecule has 7 nitrogen and oxygen atoms in total. The second-order valence-electron chi connectivity index (χ2n) is 7.17. The molecule has 0 spiro atoms. The summed E-state index contributed by atoms with van der Waals surface area (Å²) >= 11 is 3.42. The van der Waals surface area contributed by atoms with E-state index in [9.17, 15) is 9.59 Å². The first-order valence-electron chi connectivity index (χ1n) is 9.20. The Morgan fingerprint density at radius 1 is 1.07 bits per heavy atom. The fraction of sp³-hybridized carbons (Fsp3) is 0.238. The van der Waals surface area contributed by atoms with Gasteiger partial charge in [-0.25, -0.2) is 9.78 Å². The van der Waals surface area contributed by atoms with Crippen LogP contribution in [0.1, 0.15) is 19.5 Å². The van der Waals surface area contributed by atoms with Gasteiger partial charge in [0.15, 0.2) is 15.9 Å². The average molecular weight is 454 g/mol. The molecule has 0 aliphatic carbocycles. The summed E-state index contributed by atoms with van der Waals surface area (Å²) in [5, 5.41) is 1.01. The van der Waals surface area contributed by atoms with Crippen LogP contribution in [0.15, 0.2) is 62.4 Å². The molecule has 4 aromatic rings. The molecule has 1 aromatic carbocycles. The largest absolute Gasteiger partial charge is 0.332 e. The molecule has 0 bridgehead atoms. The lowest BCUT2D eigenvalue weighted by Crippen LogP contribution is -2.40. The van der Waals surface area contributed by atoms with E-state index in [0.29, 0.717) is 28.1 Å². The van der Waals surface area contributed by atoms with Crippen molar-refractivity contribution in [2.45, 2.75) is 26.9 Å². The summed E-state index contributed by atoms with van der Waals surface area (Å²) in [7, 11) is 1.62. The maximum absolute atomic E-state index is 13.3. The van der Waals surface area contributed by atoms with Crippen LogP contribution in [0.25, 0.3) is 22.1 Å². The number of nitrogens with zero attached hydrogens (tertiary/aromatic N) is 5. The first-order valence-corrected chi connectivity index (χ1v) is 9.99. The number of benzene rings is 1. The lowest BCUT2D eigenvalue weighted by molar-refractivity contribution is 0.645.